The molecule has 1 aromatic rings. The topological polar surface area (TPSA) is 67.4 Å². The number of halogens is 3. The number of nitrogens with one attached hydrogen (secondary N) is 2. The van der Waals surface area contributed by atoms with Crippen LogP contribution in [-0.2, 0) is 9.53 Å². The lowest BCUT2D eigenvalue weighted by molar-refractivity contribution is -0.120. The summed E-state index contributed by atoms with van der Waals surface area (Å²) in [7, 11) is 0. The molecule has 0 saturated carbocycles. The first-order valence-corrected chi connectivity index (χ1v) is 6.79. The Morgan fingerprint density at radius 1 is 1.18 bits per heavy atom. The summed E-state index contributed by atoms with van der Waals surface area (Å²) in [5.41, 5.74) is -0.661. The second-order valence-corrected chi connectivity index (χ2v) is 4.84. The van der Waals surface area contributed by atoms with Crippen molar-refractivity contribution in [2.45, 2.75) is 18.9 Å². The van der Waals surface area contributed by atoms with E-state index in [-0.39, 0.29) is 6.10 Å². The summed E-state index contributed by atoms with van der Waals surface area (Å²) in [5.74, 6) is -6.17. The molecule has 8 heteroatoms. The minimum absolute atomic E-state index is 0.0386. The molecule has 5 nitrogen and oxygen atoms in total. The Morgan fingerprint density at radius 2 is 1.95 bits per heavy atom. The van der Waals surface area contributed by atoms with Gasteiger partial charge >= 0.3 is 0 Å². The van der Waals surface area contributed by atoms with Crippen LogP contribution in [0.5, 0.6) is 0 Å². The van der Waals surface area contributed by atoms with Gasteiger partial charge in [0.25, 0.3) is 5.91 Å². The Bertz CT molecular complexity index is 575. The van der Waals surface area contributed by atoms with Gasteiger partial charge in [0.15, 0.2) is 17.5 Å². The molecule has 1 saturated heterocycles. The van der Waals surface area contributed by atoms with Crippen LogP contribution in [0.15, 0.2) is 12.1 Å². The molecular formula is C14H15F3N2O3. The van der Waals surface area contributed by atoms with Gasteiger partial charge in [-0.1, -0.05) is 0 Å². The van der Waals surface area contributed by atoms with Crippen molar-refractivity contribution in [3.63, 3.8) is 0 Å². The van der Waals surface area contributed by atoms with Crippen LogP contribution in [0.3, 0.4) is 0 Å². The van der Waals surface area contributed by atoms with Crippen molar-refractivity contribution in [2.24, 2.45) is 0 Å². The average Bonchev–Trinajstić information content (AvgIpc) is 3.02. The van der Waals surface area contributed by atoms with Gasteiger partial charge in [0, 0.05) is 13.2 Å². The molecule has 1 aliphatic rings. The first-order chi connectivity index (χ1) is 10.5. The summed E-state index contributed by atoms with van der Waals surface area (Å²) in [5, 5.41) is 4.70. The quantitative estimate of drug-likeness (QED) is 0.800. The molecule has 0 aliphatic carbocycles. The lowest BCUT2D eigenvalue weighted by Crippen LogP contribution is -2.40. The lowest BCUT2D eigenvalue weighted by Gasteiger charge is -2.11. The number of benzene rings is 1. The fourth-order valence-corrected chi connectivity index (χ4v) is 2.05. The predicted molar refractivity (Wildman–Crippen MR) is 70.6 cm³/mol. The Balaban J connectivity index is 1.82. The Kier molecular flexibility index (Phi) is 5.37. The van der Waals surface area contributed by atoms with Crippen LogP contribution in [0, 0.1) is 17.5 Å². The fraction of sp³-hybridized carbons (Fsp3) is 0.429. The number of carbonyl (C=O) groups is 2. The zero-order valence-electron chi connectivity index (χ0n) is 11.6. The monoisotopic (exact) mass is 316 g/mol. The van der Waals surface area contributed by atoms with E-state index in [0.717, 1.165) is 18.9 Å². The molecule has 1 atom stereocenters. The van der Waals surface area contributed by atoms with Gasteiger partial charge < -0.3 is 15.4 Å². The molecule has 2 N–H and O–H groups in total. The summed E-state index contributed by atoms with van der Waals surface area (Å²) in [4.78, 5) is 23.2. The summed E-state index contributed by atoms with van der Waals surface area (Å²) < 4.78 is 44.5. The van der Waals surface area contributed by atoms with E-state index >= 15 is 0 Å². The molecule has 0 aromatic heterocycles. The first kappa shape index (κ1) is 16.3. The van der Waals surface area contributed by atoms with Crippen molar-refractivity contribution < 1.29 is 27.5 Å². The highest BCUT2D eigenvalue weighted by Gasteiger charge is 2.20. The third kappa shape index (κ3) is 3.97. The highest BCUT2D eigenvalue weighted by atomic mass is 19.2. The van der Waals surface area contributed by atoms with Crippen LogP contribution in [-0.4, -0.2) is 37.6 Å². The van der Waals surface area contributed by atoms with Gasteiger partial charge in [0.1, 0.15) is 0 Å². The molecule has 0 radical (unpaired) electrons. The zero-order valence-corrected chi connectivity index (χ0v) is 11.6. The molecule has 2 rings (SSSR count). The molecule has 1 aliphatic heterocycles. The van der Waals surface area contributed by atoms with Crippen LogP contribution in [0.4, 0.5) is 13.2 Å². The fourth-order valence-electron chi connectivity index (χ4n) is 2.05. The summed E-state index contributed by atoms with van der Waals surface area (Å²) in [6.45, 7) is 0.588. The third-order valence-corrected chi connectivity index (χ3v) is 3.24. The van der Waals surface area contributed by atoms with Crippen LogP contribution in [0.25, 0.3) is 0 Å². The number of ether oxygens (including phenoxy) is 1. The van der Waals surface area contributed by atoms with Crippen LogP contribution >= 0.6 is 0 Å². The minimum atomic E-state index is -1.73. The van der Waals surface area contributed by atoms with Gasteiger partial charge in [0.05, 0.1) is 18.2 Å². The number of amides is 2. The smallest absolute Gasteiger partial charge is 0.254 e. The molecule has 0 spiro atoms. The SMILES string of the molecule is O=C(CNC(=O)c1ccc(F)c(F)c1F)NCC1CCCO1. The second-order valence-electron chi connectivity index (χ2n) is 4.84. The second kappa shape index (κ2) is 7.26. The average molecular weight is 316 g/mol. The molecule has 1 unspecified atom stereocenters. The van der Waals surface area contributed by atoms with E-state index in [4.69, 9.17) is 4.74 Å². The number of hydrogen-bond donors (Lipinski definition) is 2. The standard InChI is InChI=1S/C14H15F3N2O3/c15-10-4-3-9(12(16)13(10)17)14(21)19-7-11(20)18-6-8-2-1-5-22-8/h3-4,8H,1-2,5-7H2,(H,18,20)(H,19,21). The molecule has 2 amide bonds. The lowest BCUT2D eigenvalue weighted by atomic mass is 10.2. The Hall–Kier alpha value is -2.09. The highest BCUT2D eigenvalue weighted by molar-refractivity contribution is 5.96. The maximum Gasteiger partial charge on any atom is 0.254 e. The van der Waals surface area contributed by atoms with Crippen molar-refractivity contribution in [3.8, 4) is 0 Å². The summed E-state index contributed by atoms with van der Waals surface area (Å²) >= 11 is 0. The predicted octanol–water partition coefficient (Wildman–Crippen LogP) is 1.13. The van der Waals surface area contributed by atoms with E-state index in [0.29, 0.717) is 19.2 Å². The van der Waals surface area contributed by atoms with Crippen LogP contribution in [0.1, 0.15) is 23.2 Å². The maximum atomic E-state index is 13.4. The van der Waals surface area contributed by atoms with E-state index in [1.807, 2.05) is 0 Å². The first-order valence-electron chi connectivity index (χ1n) is 6.79. The van der Waals surface area contributed by atoms with Crippen molar-refractivity contribution in [1.29, 1.82) is 0 Å². The molecule has 1 aromatic carbocycles. The number of hydrogen-bond acceptors (Lipinski definition) is 3. The highest BCUT2D eigenvalue weighted by Crippen LogP contribution is 2.15. The van der Waals surface area contributed by atoms with E-state index in [2.05, 4.69) is 10.6 Å². The van der Waals surface area contributed by atoms with Crippen molar-refractivity contribution in [3.05, 3.63) is 35.1 Å². The van der Waals surface area contributed by atoms with Crippen molar-refractivity contribution >= 4 is 11.8 Å². The summed E-state index contributed by atoms with van der Waals surface area (Å²) in [6.07, 6.45) is 1.75. The van der Waals surface area contributed by atoms with Gasteiger partial charge in [-0.05, 0) is 25.0 Å². The van der Waals surface area contributed by atoms with E-state index in [1.54, 1.807) is 0 Å². The number of carbonyl (C=O) groups excluding carboxylic acids is 2. The van der Waals surface area contributed by atoms with E-state index in [1.165, 1.54) is 0 Å². The molecular weight excluding hydrogens is 301 g/mol. The molecule has 120 valence electrons. The van der Waals surface area contributed by atoms with Gasteiger partial charge in [-0.2, -0.15) is 0 Å². The molecule has 22 heavy (non-hydrogen) atoms. The van der Waals surface area contributed by atoms with Gasteiger partial charge in [-0.15, -0.1) is 0 Å². The third-order valence-electron chi connectivity index (χ3n) is 3.24. The van der Waals surface area contributed by atoms with E-state index in [9.17, 15) is 22.8 Å². The van der Waals surface area contributed by atoms with Gasteiger partial charge in [0.2, 0.25) is 5.91 Å². The van der Waals surface area contributed by atoms with Crippen molar-refractivity contribution in [2.75, 3.05) is 19.7 Å². The molecule has 1 heterocycles. The molecule has 1 fully saturated rings. The van der Waals surface area contributed by atoms with Crippen molar-refractivity contribution in [1.82, 2.24) is 10.6 Å². The van der Waals surface area contributed by atoms with Crippen LogP contribution in [0.2, 0.25) is 0 Å². The van der Waals surface area contributed by atoms with Gasteiger partial charge in [-0.25, -0.2) is 13.2 Å². The van der Waals surface area contributed by atoms with Gasteiger partial charge in [-0.3, -0.25) is 9.59 Å². The maximum absolute atomic E-state index is 13.4. The minimum Gasteiger partial charge on any atom is -0.376 e. The largest absolute Gasteiger partial charge is 0.376 e. The van der Waals surface area contributed by atoms with Crippen LogP contribution < -0.4 is 10.6 Å². The number of rotatable bonds is 5. The normalized spacial score (nSPS) is 17.3. The summed E-state index contributed by atoms with van der Waals surface area (Å²) in [6, 6.07) is 1.46. The molecule has 0 bridgehead atoms. The zero-order chi connectivity index (χ0) is 16.1. The Morgan fingerprint density at radius 3 is 2.64 bits per heavy atom. The Labute approximate surface area is 124 Å². The van der Waals surface area contributed by atoms with E-state index < -0.39 is 41.4 Å².